The van der Waals surface area contributed by atoms with Crippen LogP contribution in [0.15, 0.2) is 18.2 Å². The molecule has 0 spiro atoms. The Morgan fingerprint density at radius 2 is 2.20 bits per heavy atom. The van der Waals surface area contributed by atoms with E-state index < -0.39 is 6.04 Å². The first-order valence-corrected chi connectivity index (χ1v) is 6.86. The predicted octanol–water partition coefficient (Wildman–Crippen LogP) is 1.80. The van der Waals surface area contributed by atoms with E-state index >= 15 is 0 Å². The van der Waals surface area contributed by atoms with Crippen molar-refractivity contribution in [2.75, 3.05) is 33.8 Å². The van der Waals surface area contributed by atoms with Crippen molar-refractivity contribution in [1.29, 1.82) is 0 Å². The van der Waals surface area contributed by atoms with E-state index in [1.807, 2.05) is 19.0 Å². The first-order chi connectivity index (χ1) is 9.45. The lowest BCUT2D eigenvalue weighted by molar-refractivity contribution is -0.145. The fourth-order valence-electron chi connectivity index (χ4n) is 1.70. The number of nitrogens with one attached hydrogen (secondary N) is 1. The number of carbonyl (C=O) groups is 1. The SMILES string of the molecule is CCOC(=O)C(NCCN(C)C)c1ccc(O)c(Cl)c1. The molecule has 20 heavy (non-hydrogen) atoms. The third kappa shape index (κ3) is 5.00. The lowest BCUT2D eigenvalue weighted by atomic mass is 10.1. The highest BCUT2D eigenvalue weighted by Gasteiger charge is 2.22. The van der Waals surface area contributed by atoms with Crippen LogP contribution in [0.3, 0.4) is 0 Å². The van der Waals surface area contributed by atoms with Crippen LogP contribution in [-0.4, -0.2) is 49.8 Å². The Kier molecular flexibility index (Phi) is 6.78. The summed E-state index contributed by atoms with van der Waals surface area (Å²) in [6, 6.07) is 4.11. The summed E-state index contributed by atoms with van der Waals surface area (Å²) in [4.78, 5) is 14.0. The number of phenolic OH excluding ortho intramolecular Hbond substituents is 1. The van der Waals surface area contributed by atoms with Crippen LogP contribution in [0.25, 0.3) is 0 Å². The Balaban J connectivity index is 2.85. The molecule has 0 aliphatic heterocycles. The molecular formula is C14H21ClN2O3. The molecule has 0 radical (unpaired) electrons. The molecule has 0 amide bonds. The standard InChI is InChI=1S/C14H21ClN2O3/c1-4-20-14(19)13(16-7-8-17(2)3)10-5-6-12(18)11(15)9-10/h5-6,9,13,16,18H,4,7-8H2,1-3H3. The Morgan fingerprint density at radius 1 is 1.50 bits per heavy atom. The van der Waals surface area contributed by atoms with E-state index in [2.05, 4.69) is 5.32 Å². The van der Waals surface area contributed by atoms with Gasteiger partial charge < -0.3 is 14.7 Å². The van der Waals surface area contributed by atoms with Crippen molar-refractivity contribution in [2.45, 2.75) is 13.0 Å². The average molecular weight is 301 g/mol. The van der Waals surface area contributed by atoms with Crippen LogP contribution in [0.5, 0.6) is 5.75 Å². The number of hydrogen-bond acceptors (Lipinski definition) is 5. The summed E-state index contributed by atoms with van der Waals surface area (Å²) in [6.45, 7) is 3.51. The minimum Gasteiger partial charge on any atom is -0.506 e. The van der Waals surface area contributed by atoms with Crippen molar-refractivity contribution >= 4 is 17.6 Å². The zero-order chi connectivity index (χ0) is 15.1. The zero-order valence-corrected chi connectivity index (χ0v) is 12.8. The Labute approximate surface area is 124 Å². The summed E-state index contributed by atoms with van der Waals surface area (Å²) in [5.41, 5.74) is 0.671. The monoisotopic (exact) mass is 300 g/mol. The molecule has 0 saturated heterocycles. The van der Waals surface area contributed by atoms with E-state index in [1.165, 1.54) is 6.07 Å². The minimum absolute atomic E-state index is 0.00804. The second-order valence-electron chi connectivity index (χ2n) is 4.65. The summed E-state index contributed by atoms with van der Waals surface area (Å²) in [7, 11) is 3.91. The number of benzene rings is 1. The lowest BCUT2D eigenvalue weighted by Gasteiger charge is -2.19. The Morgan fingerprint density at radius 3 is 2.75 bits per heavy atom. The highest BCUT2D eigenvalue weighted by Crippen LogP contribution is 2.27. The van der Waals surface area contributed by atoms with Crippen LogP contribution in [-0.2, 0) is 9.53 Å². The summed E-state index contributed by atoms with van der Waals surface area (Å²) in [5, 5.41) is 12.8. The van der Waals surface area contributed by atoms with Crippen molar-refractivity contribution in [2.24, 2.45) is 0 Å². The molecule has 0 fully saturated rings. The van der Waals surface area contributed by atoms with Gasteiger partial charge in [0.15, 0.2) is 0 Å². The van der Waals surface area contributed by atoms with E-state index in [-0.39, 0.29) is 16.7 Å². The number of hydrogen-bond donors (Lipinski definition) is 2. The van der Waals surface area contributed by atoms with Crippen molar-refractivity contribution in [3.8, 4) is 5.75 Å². The van der Waals surface area contributed by atoms with Gasteiger partial charge in [0, 0.05) is 13.1 Å². The van der Waals surface area contributed by atoms with Crippen LogP contribution < -0.4 is 5.32 Å². The molecule has 112 valence electrons. The Bertz CT molecular complexity index is 452. The molecule has 0 bridgehead atoms. The van der Waals surface area contributed by atoms with Gasteiger partial charge in [-0.3, -0.25) is 5.32 Å². The molecule has 1 unspecified atom stereocenters. The van der Waals surface area contributed by atoms with Gasteiger partial charge in [0.25, 0.3) is 0 Å². The van der Waals surface area contributed by atoms with Gasteiger partial charge in [-0.1, -0.05) is 17.7 Å². The molecule has 0 heterocycles. The first-order valence-electron chi connectivity index (χ1n) is 6.48. The fraction of sp³-hybridized carbons (Fsp3) is 0.500. The minimum atomic E-state index is -0.590. The van der Waals surface area contributed by atoms with Gasteiger partial charge in [0.05, 0.1) is 11.6 Å². The van der Waals surface area contributed by atoms with E-state index in [1.54, 1.807) is 19.1 Å². The summed E-state index contributed by atoms with van der Waals surface area (Å²) >= 11 is 5.89. The van der Waals surface area contributed by atoms with Crippen molar-refractivity contribution in [1.82, 2.24) is 10.2 Å². The average Bonchev–Trinajstić information content (AvgIpc) is 2.38. The molecule has 5 nitrogen and oxygen atoms in total. The Hall–Kier alpha value is -1.30. The number of likely N-dealkylation sites (N-methyl/N-ethyl adjacent to an activating group) is 1. The molecule has 1 atom stereocenters. The van der Waals surface area contributed by atoms with E-state index in [0.717, 1.165) is 6.54 Å². The highest BCUT2D eigenvalue weighted by molar-refractivity contribution is 6.32. The van der Waals surface area contributed by atoms with Crippen LogP contribution in [0.4, 0.5) is 0 Å². The molecule has 0 aliphatic rings. The number of esters is 1. The predicted molar refractivity (Wildman–Crippen MR) is 79.0 cm³/mol. The van der Waals surface area contributed by atoms with Gasteiger partial charge in [0.1, 0.15) is 11.8 Å². The molecule has 0 aliphatic carbocycles. The van der Waals surface area contributed by atoms with Gasteiger partial charge >= 0.3 is 5.97 Å². The van der Waals surface area contributed by atoms with Crippen LogP contribution in [0.2, 0.25) is 5.02 Å². The van der Waals surface area contributed by atoms with Crippen molar-refractivity contribution < 1.29 is 14.6 Å². The van der Waals surface area contributed by atoms with Crippen LogP contribution in [0, 0.1) is 0 Å². The molecule has 2 N–H and O–H groups in total. The van der Waals surface area contributed by atoms with Gasteiger partial charge in [-0.2, -0.15) is 0 Å². The third-order valence-electron chi connectivity index (χ3n) is 2.73. The smallest absolute Gasteiger partial charge is 0.327 e. The molecule has 0 saturated carbocycles. The largest absolute Gasteiger partial charge is 0.506 e. The maximum Gasteiger partial charge on any atom is 0.327 e. The molecule has 0 aromatic heterocycles. The van der Waals surface area contributed by atoms with Crippen LogP contribution >= 0.6 is 11.6 Å². The number of ether oxygens (including phenoxy) is 1. The number of nitrogens with zero attached hydrogens (tertiary/aromatic N) is 1. The number of halogens is 1. The van der Waals surface area contributed by atoms with E-state index in [4.69, 9.17) is 16.3 Å². The second-order valence-corrected chi connectivity index (χ2v) is 5.06. The summed E-state index contributed by atoms with van der Waals surface area (Å²) < 4.78 is 5.07. The van der Waals surface area contributed by atoms with Crippen molar-refractivity contribution in [3.63, 3.8) is 0 Å². The van der Waals surface area contributed by atoms with E-state index in [0.29, 0.717) is 18.7 Å². The fourth-order valence-corrected chi connectivity index (χ4v) is 1.89. The number of phenols is 1. The molecule has 1 aromatic rings. The quantitative estimate of drug-likeness (QED) is 0.752. The third-order valence-corrected chi connectivity index (χ3v) is 3.04. The molecule has 6 heteroatoms. The number of carbonyl (C=O) groups excluding carboxylic acids is 1. The topological polar surface area (TPSA) is 61.8 Å². The van der Waals surface area contributed by atoms with Gasteiger partial charge in [-0.15, -0.1) is 0 Å². The molecule has 1 rings (SSSR count). The lowest BCUT2D eigenvalue weighted by Crippen LogP contribution is -2.35. The zero-order valence-electron chi connectivity index (χ0n) is 12.0. The van der Waals surface area contributed by atoms with Gasteiger partial charge in [0.2, 0.25) is 0 Å². The van der Waals surface area contributed by atoms with E-state index in [9.17, 15) is 9.90 Å². The highest BCUT2D eigenvalue weighted by atomic mass is 35.5. The summed E-state index contributed by atoms with van der Waals surface area (Å²) in [5.74, 6) is -0.362. The van der Waals surface area contributed by atoms with Crippen molar-refractivity contribution in [3.05, 3.63) is 28.8 Å². The number of aromatic hydroxyl groups is 1. The number of rotatable bonds is 7. The second kappa shape index (κ2) is 8.09. The molecular weight excluding hydrogens is 280 g/mol. The van der Waals surface area contributed by atoms with Gasteiger partial charge in [-0.25, -0.2) is 4.79 Å². The summed E-state index contributed by atoms with van der Waals surface area (Å²) in [6.07, 6.45) is 0. The first kappa shape index (κ1) is 16.8. The maximum absolute atomic E-state index is 12.0. The molecule has 1 aromatic carbocycles. The maximum atomic E-state index is 12.0. The van der Waals surface area contributed by atoms with Crippen LogP contribution in [0.1, 0.15) is 18.5 Å². The normalized spacial score (nSPS) is 12.4. The van der Waals surface area contributed by atoms with Gasteiger partial charge in [-0.05, 0) is 38.7 Å².